The summed E-state index contributed by atoms with van der Waals surface area (Å²) >= 11 is 0. The quantitative estimate of drug-likeness (QED) is 0.623. The molecule has 1 aliphatic rings. The summed E-state index contributed by atoms with van der Waals surface area (Å²) in [5.41, 5.74) is 2.06. The van der Waals surface area contributed by atoms with E-state index in [0.717, 1.165) is 17.7 Å². The molecule has 2 heterocycles. The van der Waals surface area contributed by atoms with Crippen molar-refractivity contribution in [1.29, 1.82) is 0 Å². The number of ether oxygens (including phenoxy) is 1. The molecule has 0 amide bonds. The molecule has 4 nitrogen and oxygen atoms in total. The molecule has 0 bridgehead atoms. The maximum absolute atomic E-state index is 14.0. The standard InChI is InChI=1S/C20H22FNO3/c1-12(2)25-20(24)15-8-6-10-22-17(15)11-13(3)18(22)19(23)14-7-4-5-9-16(14)21/h4-5,7,9,11-12,15H,6,8,10H2,1-3H3. The number of hydrogen-bond donors (Lipinski definition) is 0. The van der Waals surface area contributed by atoms with Gasteiger partial charge in [0.1, 0.15) is 5.82 Å². The summed E-state index contributed by atoms with van der Waals surface area (Å²) in [6.45, 7) is 6.10. The number of hydrogen-bond acceptors (Lipinski definition) is 3. The van der Waals surface area contributed by atoms with Crippen molar-refractivity contribution >= 4 is 11.8 Å². The zero-order valence-electron chi connectivity index (χ0n) is 14.7. The Morgan fingerprint density at radius 2 is 2.00 bits per heavy atom. The Bertz CT molecular complexity index is 822. The molecule has 132 valence electrons. The van der Waals surface area contributed by atoms with E-state index in [-0.39, 0.29) is 29.3 Å². The van der Waals surface area contributed by atoms with Crippen LogP contribution in [0, 0.1) is 12.7 Å². The number of rotatable bonds is 4. The first kappa shape index (κ1) is 17.4. The first-order chi connectivity index (χ1) is 11.9. The van der Waals surface area contributed by atoms with E-state index in [1.807, 2.05) is 31.4 Å². The van der Waals surface area contributed by atoms with Gasteiger partial charge in [-0.3, -0.25) is 9.59 Å². The van der Waals surface area contributed by atoms with Crippen LogP contribution in [-0.2, 0) is 16.1 Å². The fourth-order valence-electron chi connectivity index (χ4n) is 3.47. The summed E-state index contributed by atoms with van der Waals surface area (Å²) in [5.74, 6) is -1.52. The number of nitrogens with zero attached hydrogens (tertiary/aromatic N) is 1. The monoisotopic (exact) mass is 343 g/mol. The van der Waals surface area contributed by atoms with E-state index in [9.17, 15) is 14.0 Å². The predicted octanol–water partition coefficient (Wildman–Crippen LogP) is 4.00. The van der Waals surface area contributed by atoms with Gasteiger partial charge in [0.25, 0.3) is 0 Å². The van der Waals surface area contributed by atoms with Crippen molar-refractivity contribution in [3.05, 3.63) is 58.7 Å². The highest BCUT2D eigenvalue weighted by Crippen LogP contribution is 2.33. The fourth-order valence-corrected chi connectivity index (χ4v) is 3.47. The van der Waals surface area contributed by atoms with E-state index in [0.29, 0.717) is 18.7 Å². The molecule has 5 heteroatoms. The second kappa shape index (κ2) is 6.82. The molecule has 0 saturated heterocycles. The van der Waals surface area contributed by atoms with Crippen LogP contribution in [0.3, 0.4) is 0 Å². The first-order valence-electron chi connectivity index (χ1n) is 8.60. The average molecular weight is 343 g/mol. The van der Waals surface area contributed by atoms with Crippen LogP contribution in [0.4, 0.5) is 4.39 Å². The van der Waals surface area contributed by atoms with Gasteiger partial charge in [-0.25, -0.2) is 4.39 Å². The number of benzene rings is 1. The van der Waals surface area contributed by atoms with Crippen LogP contribution in [0.15, 0.2) is 30.3 Å². The molecule has 0 saturated carbocycles. The maximum Gasteiger partial charge on any atom is 0.315 e. The number of halogens is 1. The lowest BCUT2D eigenvalue weighted by Gasteiger charge is -2.25. The summed E-state index contributed by atoms with van der Waals surface area (Å²) in [6.07, 6.45) is 1.29. The second-order valence-electron chi connectivity index (χ2n) is 6.74. The van der Waals surface area contributed by atoms with Crippen molar-refractivity contribution in [2.24, 2.45) is 0 Å². The van der Waals surface area contributed by atoms with Gasteiger partial charge in [0.2, 0.25) is 5.78 Å². The molecular formula is C20H22FNO3. The molecule has 1 aromatic heterocycles. The van der Waals surface area contributed by atoms with E-state index >= 15 is 0 Å². The van der Waals surface area contributed by atoms with E-state index in [2.05, 4.69) is 0 Å². The van der Waals surface area contributed by atoms with Crippen molar-refractivity contribution in [3.63, 3.8) is 0 Å². The highest BCUT2D eigenvalue weighted by atomic mass is 19.1. The van der Waals surface area contributed by atoms with Crippen LogP contribution >= 0.6 is 0 Å². The molecule has 2 aromatic rings. The highest BCUT2D eigenvalue weighted by Gasteiger charge is 2.33. The van der Waals surface area contributed by atoms with Gasteiger partial charge in [-0.15, -0.1) is 0 Å². The number of aryl methyl sites for hydroxylation is 1. The molecule has 1 aliphatic heterocycles. The zero-order valence-corrected chi connectivity index (χ0v) is 14.7. The first-order valence-corrected chi connectivity index (χ1v) is 8.60. The van der Waals surface area contributed by atoms with Gasteiger partial charge in [0.15, 0.2) is 0 Å². The number of esters is 1. The summed E-state index contributed by atoms with van der Waals surface area (Å²) in [5, 5.41) is 0. The largest absolute Gasteiger partial charge is 0.462 e. The topological polar surface area (TPSA) is 48.3 Å². The van der Waals surface area contributed by atoms with Crippen LogP contribution < -0.4 is 0 Å². The van der Waals surface area contributed by atoms with Crippen LogP contribution in [0.2, 0.25) is 0 Å². The lowest BCUT2D eigenvalue weighted by molar-refractivity contribution is -0.149. The molecule has 1 aromatic carbocycles. The molecule has 0 N–H and O–H groups in total. The Balaban J connectivity index is 2.02. The minimum absolute atomic E-state index is 0.0541. The number of carbonyl (C=O) groups is 2. The third kappa shape index (κ3) is 3.23. The van der Waals surface area contributed by atoms with Gasteiger partial charge in [-0.2, -0.15) is 0 Å². The number of fused-ring (bicyclic) bond motifs is 1. The molecule has 0 spiro atoms. The van der Waals surface area contributed by atoms with Crippen molar-refractivity contribution in [2.45, 2.75) is 52.2 Å². The predicted molar refractivity (Wildman–Crippen MR) is 92.2 cm³/mol. The molecule has 1 atom stereocenters. The van der Waals surface area contributed by atoms with Crippen LogP contribution in [0.25, 0.3) is 0 Å². The van der Waals surface area contributed by atoms with Gasteiger partial charge in [0, 0.05) is 12.2 Å². The normalized spacial score (nSPS) is 16.6. The Kier molecular flexibility index (Phi) is 4.75. The van der Waals surface area contributed by atoms with Crippen LogP contribution in [0.5, 0.6) is 0 Å². The van der Waals surface area contributed by atoms with Gasteiger partial charge in [-0.1, -0.05) is 12.1 Å². The Labute approximate surface area is 146 Å². The molecule has 0 radical (unpaired) electrons. The smallest absolute Gasteiger partial charge is 0.315 e. The number of carbonyl (C=O) groups excluding carboxylic acids is 2. The third-order valence-electron chi connectivity index (χ3n) is 4.52. The summed E-state index contributed by atoms with van der Waals surface area (Å²) in [4.78, 5) is 25.3. The van der Waals surface area contributed by atoms with Gasteiger partial charge < -0.3 is 9.30 Å². The van der Waals surface area contributed by atoms with Crippen LogP contribution in [-0.4, -0.2) is 22.4 Å². The van der Waals surface area contributed by atoms with Crippen LogP contribution in [0.1, 0.15) is 59.9 Å². The lowest BCUT2D eigenvalue weighted by atomic mass is 9.96. The molecule has 1 unspecified atom stereocenters. The van der Waals surface area contributed by atoms with Crippen molar-refractivity contribution in [1.82, 2.24) is 4.57 Å². The summed E-state index contributed by atoms with van der Waals surface area (Å²) < 4.78 is 21.3. The summed E-state index contributed by atoms with van der Waals surface area (Å²) in [7, 11) is 0. The average Bonchev–Trinajstić information content (AvgIpc) is 2.89. The van der Waals surface area contributed by atoms with Gasteiger partial charge in [0.05, 0.1) is 23.3 Å². The van der Waals surface area contributed by atoms with E-state index in [1.54, 1.807) is 12.1 Å². The minimum atomic E-state index is -0.533. The fraction of sp³-hybridized carbons (Fsp3) is 0.400. The summed E-state index contributed by atoms with van der Waals surface area (Å²) in [6, 6.07) is 7.84. The van der Waals surface area contributed by atoms with Crippen molar-refractivity contribution in [2.75, 3.05) is 0 Å². The molecular weight excluding hydrogens is 321 g/mol. The maximum atomic E-state index is 14.0. The Morgan fingerprint density at radius 3 is 2.68 bits per heavy atom. The van der Waals surface area contributed by atoms with Gasteiger partial charge in [-0.05, 0) is 57.4 Å². The second-order valence-corrected chi connectivity index (χ2v) is 6.74. The molecule has 0 aliphatic carbocycles. The Morgan fingerprint density at radius 1 is 1.28 bits per heavy atom. The third-order valence-corrected chi connectivity index (χ3v) is 4.52. The lowest BCUT2D eigenvalue weighted by Crippen LogP contribution is -2.27. The van der Waals surface area contributed by atoms with E-state index < -0.39 is 5.82 Å². The molecule has 3 rings (SSSR count). The zero-order chi connectivity index (χ0) is 18.1. The number of ketones is 1. The van der Waals surface area contributed by atoms with E-state index in [4.69, 9.17) is 4.74 Å². The molecule has 25 heavy (non-hydrogen) atoms. The Hall–Kier alpha value is -2.43. The van der Waals surface area contributed by atoms with Crippen molar-refractivity contribution < 1.29 is 18.7 Å². The van der Waals surface area contributed by atoms with E-state index in [1.165, 1.54) is 12.1 Å². The SMILES string of the molecule is Cc1cc2n(c1C(=O)c1ccccc1F)CCCC2C(=O)OC(C)C. The molecule has 0 fully saturated rings. The highest BCUT2D eigenvalue weighted by molar-refractivity contribution is 6.09. The van der Waals surface area contributed by atoms with Gasteiger partial charge >= 0.3 is 5.97 Å². The minimum Gasteiger partial charge on any atom is -0.462 e. The number of aromatic nitrogens is 1. The van der Waals surface area contributed by atoms with Crippen molar-refractivity contribution in [3.8, 4) is 0 Å².